The molecule has 0 saturated heterocycles. The summed E-state index contributed by atoms with van der Waals surface area (Å²) in [5.74, 6) is -0.435. The molecule has 3 aromatic heterocycles. The highest BCUT2D eigenvalue weighted by Crippen LogP contribution is 2.11. The maximum atomic E-state index is 12.8. The monoisotopic (exact) mass is 346 g/mol. The number of nitrogens with zero attached hydrogens (tertiary/aromatic N) is 5. The maximum absolute atomic E-state index is 12.8. The molecule has 0 fully saturated rings. The fourth-order valence-electron chi connectivity index (χ4n) is 2.13. The molecule has 3 aromatic rings. The predicted molar refractivity (Wildman–Crippen MR) is 88.7 cm³/mol. The fraction of sp³-hybridized carbons (Fsp3) is 0.200. The zero-order valence-corrected chi connectivity index (χ0v) is 13.9. The van der Waals surface area contributed by atoms with Gasteiger partial charge in [0, 0.05) is 11.9 Å². The second kappa shape index (κ2) is 6.75. The molecule has 0 radical (unpaired) electrons. The van der Waals surface area contributed by atoms with Gasteiger partial charge in [-0.3, -0.25) is 9.48 Å². The topological polar surface area (TPSA) is 77.1 Å². The summed E-state index contributed by atoms with van der Waals surface area (Å²) in [6.45, 7) is 4.30. The minimum Gasteiger partial charge on any atom is -0.265 e. The van der Waals surface area contributed by atoms with Gasteiger partial charge >= 0.3 is 0 Å². The van der Waals surface area contributed by atoms with E-state index in [1.165, 1.54) is 12.3 Å². The summed E-state index contributed by atoms with van der Waals surface area (Å²) in [4.78, 5) is 12.6. The van der Waals surface area contributed by atoms with Crippen molar-refractivity contribution < 1.29 is 9.18 Å². The van der Waals surface area contributed by atoms with E-state index < -0.39 is 5.91 Å². The van der Waals surface area contributed by atoms with Crippen LogP contribution in [0.1, 0.15) is 26.8 Å². The Hall–Kier alpha value is -2.81. The molecule has 0 aliphatic carbocycles. The van der Waals surface area contributed by atoms with Gasteiger partial charge < -0.3 is 0 Å². The van der Waals surface area contributed by atoms with E-state index in [9.17, 15) is 9.18 Å². The highest BCUT2D eigenvalue weighted by Gasteiger charge is 2.09. The number of nitrogens with one attached hydrogen (secondary N) is 1. The molecule has 1 N–H and O–H groups in total. The molecule has 3 heterocycles. The molecule has 7 nitrogen and oxygen atoms in total. The number of hydrogen-bond donors (Lipinski definition) is 1. The maximum Gasteiger partial charge on any atom is 0.291 e. The van der Waals surface area contributed by atoms with E-state index in [2.05, 4.69) is 20.7 Å². The summed E-state index contributed by atoms with van der Waals surface area (Å²) in [6.07, 6.45) is 3.09. The zero-order valence-electron chi connectivity index (χ0n) is 13.1. The van der Waals surface area contributed by atoms with Crippen molar-refractivity contribution in [2.45, 2.75) is 20.5 Å². The molecule has 0 atom stereocenters. The molecule has 0 spiro atoms. The van der Waals surface area contributed by atoms with Gasteiger partial charge in [-0.05, 0) is 38.1 Å². The van der Waals surface area contributed by atoms with Gasteiger partial charge in [-0.1, -0.05) is 0 Å². The van der Waals surface area contributed by atoms with Crippen molar-refractivity contribution in [3.63, 3.8) is 0 Å². The van der Waals surface area contributed by atoms with E-state index in [1.54, 1.807) is 27.7 Å². The average Bonchev–Trinajstić information content (AvgIpc) is 3.22. The molecule has 24 heavy (non-hydrogen) atoms. The average molecular weight is 346 g/mol. The lowest BCUT2D eigenvalue weighted by Crippen LogP contribution is -2.19. The third-order valence-electron chi connectivity index (χ3n) is 3.21. The molecule has 0 aromatic carbocycles. The summed E-state index contributed by atoms with van der Waals surface area (Å²) in [5.41, 5.74) is 4.55. The van der Waals surface area contributed by atoms with Crippen molar-refractivity contribution in [1.82, 2.24) is 25.0 Å². The number of amides is 1. The van der Waals surface area contributed by atoms with Gasteiger partial charge in [0.25, 0.3) is 5.91 Å². The zero-order chi connectivity index (χ0) is 17.1. The van der Waals surface area contributed by atoms with Crippen LogP contribution in [0.3, 0.4) is 0 Å². The molecule has 0 saturated carbocycles. The van der Waals surface area contributed by atoms with Crippen molar-refractivity contribution in [2.24, 2.45) is 5.10 Å². The summed E-state index contributed by atoms with van der Waals surface area (Å²) in [5, 5.41) is 12.0. The predicted octanol–water partition coefficient (Wildman–Crippen LogP) is 2.17. The lowest BCUT2D eigenvalue weighted by Gasteiger charge is -2.04. The number of hydrazone groups is 1. The van der Waals surface area contributed by atoms with Crippen molar-refractivity contribution in [1.29, 1.82) is 0 Å². The summed E-state index contributed by atoms with van der Waals surface area (Å²) in [7, 11) is 0. The molecular weight excluding hydrogens is 331 g/mol. The number of thiophene rings is 1. The van der Waals surface area contributed by atoms with Crippen LogP contribution < -0.4 is 5.43 Å². The minimum absolute atomic E-state index is 0.242. The largest absolute Gasteiger partial charge is 0.291 e. The molecule has 0 aliphatic rings. The lowest BCUT2D eigenvalue weighted by molar-refractivity contribution is 0.0949. The van der Waals surface area contributed by atoms with Gasteiger partial charge in [0.2, 0.25) is 0 Å². The summed E-state index contributed by atoms with van der Waals surface area (Å²) < 4.78 is 16.3. The Labute approximate surface area is 141 Å². The Morgan fingerprint density at radius 1 is 1.38 bits per heavy atom. The Bertz CT molecular complexity index is 894. The van der Waals surface area contributed by atoms with Crippen LogP contribution in [-0.2, 0) is 6.67 Å². The lowest BCUT2D eigenvalue weighted by atomic mass is 10.4. The first kappa shape index (κ1) is 16.1. The Balaban J connectivity index is 1.61. The second-order valence-corrected chi connectivity index (χ2v) is 6.22. The molecule has 124 valence electrons. The van der Waals surface area contributed by atoms with Gasteiger partial charge in [-0.2, -0.15) is 19.7 Å². The SMILES string of the molecule is Cc1cc(C)n(Cn2ccc(C(=O)N/N=C\c3ccc(F)s3)n2)n1. The van der Waals surface area contributed by atoms with Crippen LogP contribution in [-0.4, -0.2) is 31.7 Å². The first-order chi connectivity index (χ1) is 11.5. The first-order valence-electron chi connectivity index (χ1n) is 7.14. The first-order valence-corrected chi connectivity index (χ1v) is 7.96. The number of aryl methyl sites for hydroxylation is 2. The smallest absolute Gasteiger partial charge is 0.265 e. The van der Waals surface area contributed by atoms with Crippen molar-refractivity contribution in [2.75, 3.05) is 0 Å². The molecular formula is C15H15FN6OS. The molecule has 9 heteroatoms. The standard InChI is InChI=1S/C15H15FN6OS/c1-10-7-11(2)22(19-10)9-21-6-5-13(20-21)15(23)18-17-8-12-3-4-14(16)24-12/h3-8H,9H2,1-2H3,(H,18,23)/b17-8-. The van der Waals surface area contributed by atoms with Crippen LogP contribution >= 0.6 is 11.3 Å². The van der Waals surface area contributed by atoms with E-state index in [1.807, 2.05) is 19.9 Å². The van der Waals surface area contributed by atoms with Gasteiger partial charge in [-0.25, -0.2) is 10.1 Å². The van der Waals surface area contributed by atoms with Gasteiger partial charge in [-0.15, -0.1) is 11.3 Å². The Morgan fingerprint density at radius 2 is 2.21 bits per heavy atom. The highest BCUT2D eigenvalue weighted by atomic mass is 32.1. The molecule has 0 unspecified atom stereocenters. The molecule has 0 bridgehead atoms. The van der Waals surface area contributed by atoms with Crippen molar-refractivity contribution >= 4 is 23.5 Å². The number of hydrogen-bond acceptors (Lipinski definition) is 5. The van der Waals surface area contributed by atoms with Crippen LogP contribution in [0.5, 0.6) is 0 Å². The number of carbonyl (C=O) groups is 1. The number of aromatic nitrogens is 4. The Kier molecular flexibility index (Phi) is 4.52. The van der Waals surface area contributed by atoms with Crippen LogP contribution in [0.4, 0.5) is 4.39 Å². The quantitative estimate of drug-likeness (QED) is 0.568. The van der Waals surface area contributed by atoms with E-state index in [4.69, 9.17) is 0 Å². The third-order valence-corrected chi connectivity index (χ3v) is 4.02. The van der Waals surface area contributed by atoms with Crippen LogP contribution in [0.25, 0.3) is 0 Å². The van der Waals surface area contributed by atoms with E-state index in [-0.39, 0.29) is 10.8 Å². The van der Waals surface area contributed by atoms with E-state index in [0.29, 0.717) is 11.5 Å². The normalized spacial score (nSPS) is 11.3. The van der Waals surface area contributed by atoms with Gasteiger partial charge in [0.05, 0.1) is 16.8 Å². The number of halogens is 1. The molecule has 3 rings (SSSR count). The number of rotatable bonds is 5. The minimum atomic E-state index is -0.435. The van der Waals surface area contributed by atoms with Crippen LogP contribution in [0.2, 0.25) is 0 Å². The van der Waals surface area contributed by atoms with Gasteiger partial charge in [0.1, 0.15) is 6.67 Å². The molecule has 1 amide bonds. The van der Waals surface area contributed by atoms with Crippen LogP contribution in [0, 0.1) is 19.0 Å². The summed E-state index contributed by atoms with van der Waals surface area (Å²) in [6, 6.07) is 6.49. The van der Waals surface area contributed by atoms with Crippen molar-refractivity contribution in [3.05, 3.63) is 57.6 Å². The second-order valence-electron chi connectivity index (χ2n) is 5.15. The molecule has 0 aliphatic heterocycles. The highest BCUT2D eigenvalue weighted by molar-refractivity contribution is 7.12. The Morgan fingerprint density at radius 3 is 2.88 bits per heavy atom. The van der Waals surface area contributed by atoms with E-state index in [0.717, 1.165) is 22.7 Å². The number of carbonyl (C=O) groups excluding carboxylic acids is 1. The van der Waals surface area contributed by atoms with Gasteiger partial charge in [0.15, 0.2) is 10.8 Å². The van der Waals surface area contributed by atoms with Crippen molar-refractivity contribution in [3.8, 4) is 0 Å². The van der Waals surface area contributed by atoms with E-state index >= 15 is 0 Å². The third kappa shape index (κ3) is 3.74. The van der Waals surface area contributed by atoms with Crippen LogP contribution in [0.15, 0.2) is 35.6 Å². The summed E-state index contributed by atoms with van der Waals surface area (Å²) >= 11 is 0.947. The fourth-order valence-corrected chi connectivity index (χ4v) is 2.73.